The molecule has 2 fully saturated rings. The number of aromatic nitrogens is 1. The van der Waals surface area contributed by atoms with E-state index < -0.39 is 6.04 Å². The van der Waals surface area contributed by atoms with E-state index in [1.165, 1.54) is 6.26 Å². The summed E-state index contributed by atoms with van der Waals surface area (Å²) >= 11 is 0. The van der Waals surface area contributed by atoms with Gasteiger partial charge >= 0.3 is 0 Å². The molecule has 2 aliphatic rings. The van der Waals surface area contributed by atoms with Crippen molar-refractivity contribution in [2.45, 2.75) is 76.4 Å². The molecule has 30 heavy (non-hydrogen) atoms. The summed E-state index contributed by atoms with van der Waals surface area (Å²) in [5, 5.41) is 3.23. The molecule has 160 valence electrons. The lowest BCUT2D eigenvalue weighted by molar-refractivity contribution is -0.128. The first kappa shape index (κ1) is 20.6. The summed E-state index contributed by atoms with van der Waals surface area (Å²) in [5.41, 5.74) is 0.790. The van der Waals surface area contributed by atoms with E-state index in [4.69, 9.17) is 4.42 Å². The first-order chi connectivity index (χ1) is 14.6. The predicted octanol–water partition coefficient (Wildman–Crippen LogP) is 4.50. The zero-order chi connectivity index (χ0) is 20.9. The Kier molecular flexibility index (Phi) is 6.50. The van der Waals surface area contributed by atoms with Crippen molar-refractivity contribution in [3.05, 3.63) is 54.2 Å². The highest BCUT2D eigenvalue weighted by atomic mass is 16.3. The number of carbonyl (C=O) groups is 2. The van der Waals surface area contributed by atoms with Crippen LogP contribution in [0.3, 0.4) is 0 Å². The largest absolute Gasteiger partial charge is 0.459 e. The summed E-state index contributed by atoms with van der Waals surface area (Å²) < 4.78 is 5.47. The third kappa shape index (κ3) is 4.42. The van der Waals surface area contributed by atoms with Gasteiger partial charge in [0.2, 0.25) is 5.91 Å². The fraction of sp³-hybridized carbons (Fsp3) is 0.542. The third-order valence-electron chi connectivity index (χ3n) is 6.64. The highest BCUT2D eigenvalue weighted by Crippen LogP contribution is 2.35. The molecule has 0 spiro atoms. The molecule has 4 rings (SSSR count). The van der Waals surface area contributed by atoms with E-state index in [0.29, 0.717) is 5.92 Å². The van der Waals surface area contributed by atoms with Crippen LogP contribution in [0.1, 0.15) is 80.5 Å². The Hall–Kier alpha value is -2.63. The zero-order valence-electron chi connectivity index (χ0n) is 17.6. The van der Waals surface area contributed by atoms with Gasteiger partial charge in [0.1, 0.15) is 6.04 Å². The maximum absolute atomic E-state index is 13.6. The second-order valence-corrected chi connectivity index (χ2v) is 8.69. The lowest BCUT2D eigenvalue weighted by Gasteiger charge is -2.42. The summed E-state index contributed by atoms with van der Waals surface area (Å²) in [5.74, 6) is 0.273. The normalized spacial score (nSPS) is 23.1. The Morgan fingerprint density at radius 2 is 1.77 bits per heavy atom. The lowest BCUT2D eigenvalue weighted by Crippen LogP contribution is -2.52. The average Bonchev–Trinajstić information content (AvgIpc) is 3.47. The van der Waals surface area contributed by atoms with Crippen LogP contribution in [0.2, 0.25) is 0 Å². The Bertz CT molecular complexity index is 831. The zero-order valence-corrected chi connectivity index (χ0v) is 17.6. The van der Waals surface area contributed by atoms with E-state index in [-0.39, 0.29) is 29.7 Å². The molecule has 0 unspecified atom stereocenters. The molecule has 3 atom stereocenters. The molecule has 0 aliphatic heterocycles. The molecule has 2 aromatic heterocycles. The van der Waals surface area contributed by atoms with Crippen LogP contribution in [-0.2, 0) is 4.79 Å². The smallest absolute Gasteiger partial charge is 0.290 e. The summed E-state index contributed by atoms with van der Waals surface area (Å²) in [6.45, 7) is 2.19. The molecule has 6 heteroatoms. The number of amides is 2. The van der Waals surface area contributed by atoms with E-state index in [2.05, 4.69) is 17.2 Å². The van der Waals surface area contributed by atoms with Crippen molar-refractivity contribution in [3.8, 4) is 0 Å². The minimum atomic E-state index is -0.697. The van der Waals surface area contributed by atoms with Crippen molar-refractivity contribution >= 4 is 11.8 Å². The SMILES string of the molecule is C[C@@H]1CCCC[C@H]1N(C(=O)c1ccco1)[C@H](C(=O)NC1CCCC1)c1ccncc1. The van der Waals surface area contributed by atoms with Gasteiger partial charge in [0, 0.05) is 24.5 Å². The van der Waals surface area contributed by atoms with Crippen molar-refractivity contribution in [2.24, 2.45) is 5.92 Å². The van der Waals surface area contributed by atoms with Crippen LogP contribution in [0.4, 0.5) is 0 Å². The van der Waals surface area contributed by atoms with E-state index >= 15 is 0 Å². The monoisotopic (exact) mass is 409 g/mol. The molecule has 0 radical (unpaired) electrons. The van der Waals surface area contributed by atoms with Crippen LogP contribution >= 0.6 is 0 Å². The van der Waals surface area contributed by atoms with Crippen LogP contribution in [0.15, 0.2) is 47.3 Å². The number of nitrogens with zero attached hydrogens (tertiary/aromatic N) is 2. The van der Waals surface area contributed by atoms with Crippen molar-refractivity contribution in [3.63, 3.8) is 0 Å². The predicted molar refractivity (Wildman–Crippen MR) is 114 cm³/mol. The van der Waals surface area contributed by atoms with Gasteiger partial charge in [0.25, 0.3) is 5.91 Å². The lowest BCUT2D eigenvalue weighted by atomic mass is 9.83. The maximum Gasteiger partial charge on any atom is 0.290 e. The minimum absolute atomic E-state index is 0.0103. The Labute approximate surface area is 178 Å². The van der Waals surface area contributed by atoms with Crippen molar-refractivity contribution < 1.29 is 14.0 Å². The van der Waals surface area contributed by atoms with Gasteiger partial charge in [-0.3, -0.25) is 14.6 Å². The Morgan fingerprint density at radius 1 is 1.07 bits per heavy atom. The summed E-state index contributed by atoms with van der Waals surface area (Å²) in [7, 11) is 0. The molecule has 2 saturated carbocycles. The van der Waals surface area contributed by atoms with Crippen LogP contribution in [0.25, 0.3) is 0 Å². The molecule has 0 bridgehead atoms. The van der Waals surface area contributed by atoms with Crippen LogP contribution in [0, 0.1) is 5.92 Å². The Balaban J connectivity index is 1.73. The second-order valence-electron chi connectivity index (χ2n) is 8.69. The van der Waals surface area contributed by atoms with Crippen LogP contribution in [-0.4, -0.2) is 33.8 Å². The van der Waals surface area contributed by atoms with Gasteiger partial charge in [-0.05, 0) is 61.4 Å². The van der Waals surface area contributed by atoms with Crippen LogP contribution < -0.4 is 5.32 Å². The van der Waals surface area contributed by atoms with E-state index in [1.807, 2.05) is 12.1 Å². The molecular formula is C24H31N3O3. The first-order valence-corrected chi connectivity index (χ1v) is 11.2. The number of carbonyl (C=O) groups excluding carboxylic acids is 2. The molecule has 0 saturated heterocycles. The molecule has 2 amide bonds. The number of rotatable bonds is 6. The molecule has 1 N–H and O–H groups in total. The van der Waals surface area contributed by atoms with Gasteiger partial charge in [0.15, 0.2) is 5.76 Å². The summed E-state index contributed by atoms with van der Waals surface area (Å²) in [6, 6.07) is 6.56. The Morgan fingerprint density at radius 3 is 2.43 bits per heavy atom. The fourth-order valence-electron chi connectivity index (χ4n) is 5.03. The topological polar surface area (TPSA) is 75.4 Å². The van der Waals surface area contributed by atoms with Gasteiger partial charge in [-0.2, -0.15) is 0 Å². The quantitative estimate of drug-likeness (QED) is 0.762. The number of hydrogen-bond acceptors (Lipinski definition) is 4. The highest BCUT2D eigenvalue weighted by Gasteiger charge is 2.41. The van der Waals surface area contributed by atoms with Crippen molar-refractivity contribution in [1.29, 1.82) is 0 Å². The van der Waals surface area contributed by atoms with Gasteiger partial charge < -0.3 is 14.6 Å². The van der Waals surface area contributed by atoms with Gasteiger partial charge in [0.05, 0.1) is 6.26 Å². The average molecular weight is 410 g/mol. The number of nitrogens with one attached hydrogen (secondary N) is 1. The van der Waals surface area contributed by atoms with Gasteiger partial charge in [-0.1, -0.05) is 32.6 Å². The fourth-order valence-corrected chi connectivity index (χ4v) is 5.03. The molecule has 0 aromatic carbocycles. The standard InChI is InChI=1S/C24H31N3O3/c1-17-7-2-5-10-20(17)27(24(29)21-11-6-16-30-21)22(18-12-14-25-15-13-18)23(28)26-19-8-3-4-9-19/h6,11-17,19-20,22H,2-5,7-10H2,1H3,(H,26,28)/t17-,20-,22+/m1/s1. The summed E-state index contributed by atoms with van der Waals surface area (Å²) in [4.78, 5) is 33.2. The summed E-state index contributed by atoms with van der Waals surface area (Å²) in [6.07, 6.45) is 13.3. The number of pyridine rings is 1. The third-order valence-corrected chi connectivity index (χ3v) is 6.64. The first-order valence-electron chi connectivity index (χ1n) is 11.2. The number of hydrogen-bond donors (Lipinski definition) is 1. The molecular weight excluding hydrogens is 378 g/mol. The van der Waals surface area contributed by atoms with Crippen LogP contribution in [0.5, 0.6) is 0 Å². The minimum Gasteiger partial charge on any atom is -0.459 e. The molecule has 6 nitrogen and oxygen atoms in total. The van der Waals surface area contributed by atoms with Crippen molar-refractivity contribution in [1.82, 2.24) is 15.2 Å². The van der Waals surface area contributed by atoms with Gasteiger partial charge in [-0.25, -0.2) is 0 Å². The van der Waals surface area contributed by atoms with Crippen molar-refractivity contribution in [2.75, 3.05) is 0 Å². The van der Waals surface area contributed by atoms with E-state index in [9.17, 15) is 9.59 Å². The maximum atomic E-state index is 13.6. The molecule has 2 aliphatic carbocycles. The van der Waals surface area contributed by atoms with E-state index in [1.54, 1.807) is 29.4 Å². The van der Waals surface area contributed by atoms with E-state index in [0.717, 1.165) is 56.9 Å². The molecule has 2 aromatic rings. The second kappa shape index (κ2) is 9.45. The number of furan rings is 1. The van der Waals surface area contributed by atoms with Gasteiger partial charge in [-0.15, -0.1) is 0 Å². The highest BCUT2D eigenvalue weighted by molar-refractivity contribution is 5.96. The molecule has 2 heterocycles.